The molecule has 2 aliphatic rings. The van der Waals surface area contributed by atoms with Crippen molar-refractivity contribution in [2.75, 3.05) is 24.0 Å². The molecule has 9 heteroatoms. The van der Waals surface area contributed by atoms with Crippen LogP contribution >= 0.6 is 0 Å². The molecule has 1 unspecified atom stereocenters. The lowest BCUT2D eigenvalue weighted by atomic mass is 10.1. The molecule has 0 aliphatic carbocycles. The van der Waals surface area contributed by atoms with Crippen LogP contribution in [0.15, 0.2) is 41.7 Å². The summed E-state index contributed by atoms with van der Waals surface area (Å²) in [5.74, 6) is -0.133. The van der Waals surface area contributed by atoms with Gasteiger partial charge in [0.25, 0.3) is 0 Å². The molecule has 5 heterocycles. The molecule has 3 aromatic heterocycles. The van der Waals surface area contributed by atoms with E-state index < -0.39 is 5.79 Å². The fraction of sp³-hybridized carbons (Fsp3) is 0.353. The Hall–Kier alpha value is -2.91. The summed E-state index contributed by atoms with van der Waals surface area (Å²) in [6.07, 6.45) is 5.31. The first kappa shape index (κ1) is 15.4. The summed E-state index contributed by atoms with van der Waals surface area (Å²) in [5, 5.41) is 10.3. The maximum absolute atomic E-state index is 6.61. The van der Waals surface area contributed by atoms with Crippen LogP contribution in [0, 0.1) is 0 Å². The standard InChI is InChI=1S/C17H20N8O/c18-17(11-8-13-14(19-9-11)10-20-23-13)22-16-3-1-2-15(25(16)24-17)21-12-4-6-26-7-5-12/h1-3,8-10,12,22,24H,4-7,18H2,(H,20,23). The predicted molar refractivity (Wildman–Crippen MR) is 96.6 cm³/mol. The van der Waals surface area contributed by atoms with Gasteiger partial charge >= 0.3 is 0 Å². The molecule has 9 nitrogen and oxygen atoms in total. The molecule has 1 fully saturated rings. The van der Waals surface area contributed by atoms with Gasteiger partial charge in [-0.2, -0.15) is 5.10 Å². The molecule has 0 saturated carbocycles. The largest absolute Gasteiger partial charge is 0.381 e. The van der Waals surface area contributed by atoms with Crippen LogP contribution in [0.2, 0.25) is 0 Å². The fourth-order valence-electron chi connectivity index (χ4n) is 3.40. The van der Waals surface area contributed by atoms with E-state index >= 15 is 0 Å². The lowest BCUT2D eigenvalue weighted by molar-refractivity contribution is 0.0861. The Morgan fingerprint density at radius 1 is 1.27 bits per heavy atom. The van der Waals surface area contributed by atoms with Gasteiger partial charge < -0.3 is 10.1 Å². The van der Waals surface area contributed by atoms with Gasteiger partial charge in [-0.05, 0) is 31.0 Å². The van der Waals surface area contributed by atoms with E-state index in [4.69, 9.17) is 15.5 Å². The van der Waals surface area contributed by atoms with Gasteiger partial charge in [0.1, 0.15) is 16.8 Å². The SMILES string of the molecule is NC1(c2cnc3cn[nH]c3c2)Nc2cccc(=NC3CCOCC3)n2N1. The molecule has 5 rings (SSSR count). The lowest BCUT2D eigenvalue weighted by Crippen LogP contribution is -2.50. The number of aromatic nitrogens is 4. The van der Waals surface area contributed by atoms with Gasteiger partial charge in [0.05, 0.1) is 17.8 Å². The van der Waals surface area contributed by atoms with Gasteiger partial charge in [0, 0.05) is 25.0 Å². The second-order valence-electron chi connectivity index (χ2n) is 6.65. The summed E-state index contributed by atoms with van der Waals surface area (Å²) in [6, 6.07) is 8.13. The molecular weight excluding hydrogens is 332 g/mol. The third-order valence-electron chi connectivity index (χ3n) is 4.83. The monoisotopic (exact) mass is 352 g/mol. The Kier molecular flexibility index (Phi) is 3.44. The topological polar surface area (TPSA) is 118 Å². The highest BCUT2D eigenvalue weighted by Gasteiger charge is 2.35. The maximum atomic E-state index is 6.61. The Morgan fingerprint density at radius 3 is 3.04 bits per heavy atom. The first-order chi connectivity index (χ1) is 12.7. The second-order valence-corrected chi connectivity index (χ2v) is 6.65. The minimum atomic E-state index is -0.986. The number of hydrogen-bond donors (Lipinski definition) is 4. The zero-order chi connectivity index (χ0) is 17.6. The van der Waals surface area contributed by atoms with Crippen molar-refractivity contribution in [3.05, 3.63) is 47.7 Å². The quantitative estimate of drug-likeness (QED) is 0.536. The molecule has 0 spiro atoms. The molecule has 3 aromatic rings. The highest BCUT2D eigenvalue weighted by molar-refractivity contribution is 5.74. The van der Waals surface area contributed by atoms with E-state index in [1.54, 1.807) is 12.4 Å². The van der Waals surface area contributed by atoms with E-state index in [1.165, 1.54) is 0 Å². The number of pyridine rings is 2. The van der Waals surface area contributed by atoms with E-state index in [0.29, 0.717) is 0 Å². The minimum absolute atomic E-state index is 0.264. The van der Waals surface area contributed by atoms with Crippen LogP contribution < -0.4 is 22.0 Å². The molecule has 2 aliphatic heterocycles. The fourth-order valence-corrected chi connectivity index (χ4v) is 3.40. The Labute approximate surface area is 149 Å². The summed E-state index contributed by atoms with van der Waals surface area (Å²) in [6.45, 7) is 1.52. The van der Waals surface area contributed by atoms with Crippen LogP contribution in [-0.4, -0.2) is 39.1 Å². The molecule has 0 radical (unpaired) electrons. The summed E-state index contributed by atoms with van der Waals surface area (Å²) >= 11 is 0. The highest BCUT2D eigenvalue weighted by atomic mass is 16.5. The first-order valence-electron chi connectivity index (χ1n) is 8.70. The van der Waals surface area contributed by atoms with Gasteiger partial charge in [0.15, 0.2) is 0 Å². The van der Waals surface area contributed by atoms with Gasteiger partial charge in [-0.25, -0.2) is 4.68 Å². The number of rotatable bonds is 2. The number of fused-ring (bicyclic) bond motifs is 2. The molecule has 134 valence electrons. The third-order valence-corrected chi connectivity index (χ3v) is 4.83. The average Bonchev–Trinajstić information content (AvgIpc) is 3.26. The van der Waals surface area contributed by atoms with Crippen molar-refractivity contribution < 1.29 is 4.74 Å². The molecule has 0 amide bonds. The summed E-state index contributed by atoms with van der Waals surface area (Å²) < 4.78 is 7.32. The lowest BCUT2D eigenvalue weighted by Gasteiger charge is -2.25. The van der Waals surface area contributed by atoms with Crippen molar-refractivity contribution >= 4 is 16.9 Å². The van der Waals surface area contributed by atoms with Crippen molar-refractivity contribution in [1.29, 1.82) is 0 Å². The number of aromatic amines is 1. The molecule has 0 bridgehead atoms. The summed E-state index contributed by atoms with van der Waals surface area (Å²) in [7, 11) is 0. The number of hydrogen-bond acceptors (Lipinski definition) is 7. The molecular formula is C17H20N8O. The molecule has 0 aromatic carbocycles. The van der Waals surface area contributed by atoms with Crippen LogP contribution in [0.5, 0.6) is 0 Å². The Balaban J connectivity index is 1.52. The van der Waals surface area contributed by atoms with E-state index in [2.05, 4.69) is 25.9 Å². The van der Waals surface area contributed by atoms with E-state index in [1.807, 2.05) is 28.9 Å². The van der Waals surface area contributed by atoms with Gasteiger partial charge in [-0.1, -0.05) is 6.07 Å². The van der Waals surface area contributed by atoms with Gasteiger partial charge in [-0.15, -0.1) is 0 Å². The average molecular weight is 352 g/mol. The number of H-pyrrole nitrogens is 1. The normalized spacial score (nSPS) is 23.7. The van der Waals surface area contributed by atoms with E-state index in [0.717, 1.165) is 54.0 Å². The molecule has 1 atom stereocenters. The Bertz CT molecular complexity index is 1020. The molecule has 26 heavy (non-hydrogen) atoms. The zero-order valence-corrected chi connectivity index (χ0v) is 14.1. The van der Waals surface area contributed by atoms with Gasteiger partial charge in [0.2, 0.25) is 5.79 Å². The number of nitrogens with two attached hydrogens (primary N) is 1. The van der Waals surface area contributed by atoms with Crippen molar-refractivity contribution in [2.24, 2.45) is 10.7 Å². The molecule has 5 N–H and O–H groups in total. The van der Waals surface area contributed by atoms with Gasteiger partial charge in [-0.3, -0.25) is 26.2 Å². The maximum Gasteiger partial charge on any atom is 0.205 e. The zero-order valence-electron chi connectivity index (χ0n) is 14.1. The van der Waals surface area contributed by atoms with Crippen molar-refractivity contribution in [3.8, 4) is 0 Å². The molecule has 1 saturated heterocycles. The van der Waals surface area contributed by atoms with Crippen LogP contribution in [0.3, 0.4) is 0 Å². The third kappa shape index (κ3) is 2.52. The van der Waals surface area contributed by atoms with E-state index in [-0.39, 0.29) is 6.04 Å². The highest BCUT2D eigenvalue weighted by Crippen LogP contribution is 2.26. The number of anilines is 1. The van der Waals surface area contributed by atoms with E-state index in [9.17, 15) is 0 Å². The first-order valence-corrected chi connectivity index (χ1v) is 8.70. The minimum Gasteiger partial charge on any atom is -0.381 e. The van der Waals surface area contributed by atoms with Crippen LogP contribution in [0.25, 0.3) is 11.0 Å². The Morgan fingerprint density at radius 2 is 2.15 bits per heavy atom. The number of ether oxygens (including phenoxy) is 1. The van der Waals surface area contributed by atoms with Crippen molar-refractivity contribution in [3.63, 3.8) is 0 Å². The number of nitrogens with zero attached hydrogens (tertiary/aromatic N) is 4. The smallest absolute Gasteiger partial charge is 0.205 e. The summed E-state index contributed by atoms with van der Waals surface area (Å²) in [5.41, 5.74) is 13.2. The second kappa shape index (κ2) is 5.82. The van der Waals surface area contributed by atoms with Crippen LogP contribution in [0.1, 0.15) is 18.4 Å². The van der Waals surface area contributed by atoms with Crippen LogP contribution in [0.4, 0.5) is 5.82 Å². The van der Waals surface area contributed by atoms with Crippen LogP contribution in [-0.2, 0) is 10.5 Å². The summed E-state index contributed by atoms with van der Waals surface area (Å²) in [4.78, 5) is 9.29. The predicted octanol–water partition coefficient (Wildman–Crippen LogP) is 0.577. The van der Waals surface area contributed by atoms with Crippen molar-refractivity contribution in [1.82, 2.24) is 19.9 Å². The van der Waals surface area contributed by atoms with Crippen molar-refractivity contribution in [2.45, 2.75) is 24.7 Å². The number of nitrogens with one attached hydrogen (secondary N) is 3.